The van der Waals surface area contributed by atoms with E-state index >= 15 is 0 Å². The maximum absolute atomic E-state index is 13.0. The topological polar surface area (TPSA) is 77.6 Å². The van der Waals surface area contributed by atoms with E-state index in [2.05, 4.69) is 16.9 Å². The number of nitrogens with zero attached hydrogens (tertiary/aromatic N) is 3. The van der Waals surface area contributed by atoms with E-state index in [4.69, 9.17) is 4.74 Å². The van der Waals surface area contributed by atoms with Crippen LogP contribution in [0.25, 0.3) is 16.9 Å². The molecule has 0 spiro atoms. The number of nitrogens with one attached hydrogen (secondary N) is 1. The number of methoxy groups -OCH3 is 1. The highest BCUT2D eigenvalue weighted by molar-refractivity contribution is 5.93. The number of carbonyl (C=O) groups excluding carboxylic acids is 1. The van der Waals surface area contributed by atoms with Gasteiger partial charge in [-0.1, -0.05) is 6.08 Å². The van der Waals surface area contributed by atoms with Crippen molar-refractivity contribution in [1.29, 1.82) is 0 Å². The van der Waals surface area contributed by atoms with E-state index in [-0.39, 0.29) is 28.8 Å². The van der Waals surface area contributed by atoms with Crippen LogP contribution in [0.2, 0.25) is 0 Å². The molecule has 1 saturated carbocycles. The number of ether oxygens (including phenoxy) is 1. The van der Waals surface area contributed by atoms with Gasteiger partial charge in [0.05, 0.1) is 12.8 Å². The predicted octanol–water partition coefficient (Wildman–Crippen LogP) is 2.64. The number of fused-ring (bicyclic) bond motifs is 1. The molecule has 4 rings (SSSR count). The molecule has 144 valence electrons. The van der Waals surface area contributed by atoms with Gasteiger partial charge in [0.15, 0.2) is 0 Å². The second kappa shape index (κ2) is 7.34. The summed E-state index contributed by atoms with van der Waals surface area (Å²) in [6.45, 7) is 4.09. The van der Waals surface area contributed by atoms with Crippen molar-refractivity contribution in [1.82, 2.24) is 19.3 Å². The van der Waals surface area contributed by atoms with Gasteiger partial charge in [-0.15, -0.1) is 6.58 Å². The molecule has 0 aliphatic heterocycles. The van der Waals surface area contributed by atoms with Crippen LogP contribution >= 0.6 is 0 Å². The Labute approximate surface area is 162 Å². The van der Waals surface area contributed by atoms with Gasteiger partial charge in [0.1, 0.15) is 11.4 Å². The minimum absolute atomic E-state index is 0.213. The third-order valence-electron chi connectivity index (χ3n) is 5.09. The number of allylic oxidation sites excluding steroid dienone is 1. The predicted molar refractivity (Wildman–Crippen MR) is 107 cm³/mol. The summed E-state index contributed by atoms with van der Waals surface area (Å²) in [5.74, 6) is 0.495. The fourth-order valence-corrected chi connectivity index (χ4v) is 3.31. The molecular formula is C21H22N4O3. The van der Waals surface area contributed by atoms with Crippen LogP contribution in [-0.2, 0) is 6.54 Å². The lowest BCUT2D eigenvalue weighted by molar-refractivity contribution is 0.0912. The van der Waals surface area contributed by atoms with Crippen LogP contribution < -0.4 is 15.6 Å². The molecule has 28 heavy (non-hydrogen) atoms. The minimum Gasteiger partial charge on any atom is -0.497 e. The molecule has 3 aromatic rings. The molecule has 1 aliphatic rings. The Balaban J connectivity index is 1.79. The zero-order valence-electron chi connectivity index (χ0n) is 15.7. The maximum Gasteiger partial charge on any atom is 0.295 e. The summed E-state index contributed by atoms with van der Waals surface area (Å²) < 4.78 is 8.43. The first-order valence-corrected chi connectivity index (χ1v) is 9.29. The average molecular weight is 378 g/mol. The highest BCUT2D eigenvalue weighted by Gasteiger charge is 2.22. The molecule has 0 atom stereocenters. The molecule has 1 aliphatic carbocycles. The molecule has 0 saturated heterocycles. The number of rotatable bonds is 6. The van der Waals surface area contributed by atoms with Gasteiger partial charge in [0.2, 0.25) is 5.65 Å². The highest BCUT2D eigenvalue weighted by atomic mass is 16.5. The van der Waals surface area contributed by atoms with Crippen LogP contribution in [0, 0.1) is 0 Å². The monoisotopic (exact) mass is 378 g/mol. The van der Waals surface area contributed by atoms with Gasteiger partial charge in [-0.05, 0) is 43.5 Å². The number of carbonyl (C=O) groups is 1. The van der Waals surface area contributed by atoms with Crippen LogP contribution in [0.15, 0.2) is 54.1 Å². The molecule has 0 bridgehead atoms. The number of imidazole rings is 1. The van der Waals surface area contributed by atoms with Gasteiger partial charge < -0.3 is 10.1 Å². The van der Waals surface area contributed by atoms with Gasteiger partial charge in [-0.25, -0.2) is 4.98 Å². The van der Waals surface area contributed by atoms with Gasteiger partial charge in [0.25, 0.3) is 11.5 Å². The summed E-state index contributed by atoms with van der Waals surface area (Å²) in [5, 5.41) is 2.96. The van der Waals surface area contributed by atoms with Crippen molar-refractivity contribution in [2.75, 3.05) is 7.11 Å². The van der Waals surface area contributed by atoms with Crippen molar-refractivity contribution >= 4 is 11.6 Å². The normalized spacial score (nSPS) is 13.9. The Kier molecular flexibility index (Phi) is 4.73. The van der Waals surface area contributed by atoms with Crippen molar-refractivity contribution in [3.8, 4) is 17.0 Å². The van der Waals surface area contributed by atoms with E-state index in [0.29, 0.717) is 12.2 Å². The van der Waals surface area contributed by atoms with E-state index < -0.39 is 0 Å². The van der Waals surface area contributed by atoms with E-state index in [1.165, 1.54) is 0 Å². The quantitative estimate of drug-likeness (QED) is 0.669. The zero-order chi connectivity index (χ0) is 19.7. The standard InChI is InChI=1S/C21H22N4O3/c1-3-11-25-18(14-7-9-16(28-2)10-8-14)13-24-12-17(23-19(24)21(25)27)20(26)22-15-5-4-6-15/h3,7-10,12-13,15H,1,4-6,11H2,2H3,(H,22,26). The van der Waals surface area contributed by atoms with Crippen molar-refractivity contribution in [3.63, 3.8) is 0 Å². The summed E-state index contributed by atoms with van der Waals surface area (Å²) in [5.41, 5.74) is 1.77. The van der Waals surface area contributed by atoms with Gasteiger partial charge in [0, 0.05) is 30.5 Å². The smallest absolute Gasteiger partial charge is 0.295 e. The summed E-state index contributed by atoms with van der Waals surface area (Å²) in [6.07, 6.45) is 8.20. The molecule has 2 aromatic heterocycles. The Morgan fingerprint density at radius 3 is 2.68 bits per heavy atom. The SMILES string of the molecule is C=CCn1c(-c2ccc(OC)cc2)cn2cc(C(=O)NC3CCC3)nc2c1=O. The maximum atomic E-state index is 13.0. The number of amides is 1. The molecule has 1 aromatic carbocycles. The molecule has 2 heterocycles. The molecular weight excluding hydrogens is 356 g/mol. The third-order valence-corrected chi connectivity index (χ3v) is 5.09. The molecule has 1 N–H and O–H groups in total. The second-order valence-electron chi connectivity index (χ2n) is 6.91. The van der Waals surface area contributed by atoms with E-state index in [1.54, 1.807) is 28.4 Å². The van der Waals surface area contributed by atoms with Crippen molar-refractivity contribution in [3.05, 3.63) is 65.4 Å². The van der Waals surface area contributed by atoms with Crippen LogP contribution in [-0.4, -0.2) is 33.0 Å². The minimum atomic E-state index is -0.268. The first-order chi connectivity index (χ1) is 13.6. The lowest BCUT2D eigenvalue weighted by Gasteiger charge is -2.25. The first kappa shape index (κ1) is 18.0. The van der Waals surface area contributed by atoms with E-state index in [1.807, 2.05) is 30.5 Å². The van der Waals surface area contributed by atoms with Crippen LogP contribution in [0.1, 0.15) is 29.8 Å². The van der Waals surface area contributed by atoms with Crippen LogP contribution in [0.3, 0.4) is 0 Å². The Morgan fingerprint density at radius 2 is 2.07 bits per heavy atom. The van der Waals surface area contributed by atoms with Crippen LogP contribution in [0.5, 0.6) is 5.75 Å². The van der Waals surface area contributed by atoms with Gasteiger partial charge >= 0.3 is 0 Å². The number of hydrogen-bond acceptors (Lipinski definition) is 4. The molecule has 7 nitrogen and oxygen atoms in total. The summed E-state index contributed by atoms with van der Waals surface area (Å²) >= 11 is 0. The average Bonchev–Trinajstić information content (AvgIpc) is 3.11. The van der Waals surface area contributed by atoms with Crippen molar-refractivity contribution in [2.24, 2.45) is 0 Å². The lowest BCUT2D eigenvalue weighted by atomic mass is 9.93. The van der Waals surface area contributed by atoms with Gasteiger partial charge in [-0.2, -0.15) is 0 Å². The molecule has 0 unspecified atom stereocenters. The number of hydrogen-bond donors (Lipinski definition) is 1. The fraction of sp³-hybridized carbons (Fsp3) is 0.286. The summed E-state index contributed by atoms with van der Waals surface area (Å²) in [4.78, 5) is 29.8. The Hall–Kier alpha value is -3.35. The molecule has 1 amide bonds. The molecule has 0 radical (unpaired) electrons. The lowest BCUT2D eigenvalue weighted by Crippen LogP contribution is -2.39. The first-order valence-electron chi connectivity index (χ1n) is 9.29. The van der Waals surface area contributed by atoms with E-state index in [9.17, 15) is 9.59 Å². The summed E-state index contributed by atoms with van der Waals surface area (Å²) in [6, 6.07) is 7.67. The number of benzene rings is 1. The largest absolute Gasteiger partial charge is 0.497 e. The van der Waals surface area contributed by atoms with Gasteiger partial charge in [-0.3, -0.25) is 18.6 Å². The Morgan fingerprint density at radius 1 is 1.32 bits per heavy atom. The second-order valence-corrected chi connectivity index (χ2v) is 6.91. The summed E-state index contributed by atoms with van der Waals surface area (Å²) in [7, 11) is 1.61. The third kappa shape index (κ3) is 3.19. The molecule has 7 heteroatoms. The van der Waals surface area contributed by atoms with Crippen LogP contribution in [0.4, 0.5) is 0 Å². The zero-order valence-corrected chi connectivity index (χ0v) is 15.7. The van der Waals surface area contributed by atoms with Crippen molar-refractivity contribution < 1.29 is 9.53 Å². The highest BCUT2D eigenvalue weighted by Crippen LogP contribution is 2.22. The fourth-order valence-electron chi connectivity index (χ4n) is 3.31. The van der Waals surface area contributed by atoms with E-state index in [0.717, 1.165) is 30.6 Å². The number of aromatic nitrogens is 3. The molecule has 1 fully saturated rings. The van der Waals surface area contributed by atoms with Crippen molar-refractivity contribution in [2.45, 2.75) is 31.8 Å². The Bertz CT molecular complexity index is 1090.